The van der Waals surface area contributed by atoms with Crippen molar-refractivity contribution in [3.63, 3.8) is 0 Å². The van der Waals surface area contributed by atoms with Gasteiger partial charge in [0.2, 0.25) is 0 Å². The second-order valence-electron chi connectivity index (χ2n) is 6.68. The Bertz CT molecular complexity index is 901. The second kappa shape index (κ2) is 7.65. The fourth-order valence-corrected chi connectivity index (χ4v) is 8.66. The van der Waals surface area contributed by atoms with E-state index in [0.717, 1.165) is 21.7 Å². The Hall–Kier alpha value is -2.09. The Morgan fingerprint density at radius 3 is 1.81 bits per heavy atom. The molecular weight excluding hydrogens is 355 g/mol. The fraction of sp³-hybridized carbons (Fsp3) is 0.182. The molecule has 0 saturated heterocycles. The van der Waals surface area contributed by atoms with E-state index in [1.807, 2.05) is 26.0 Å². The number of phenols is 2. The molecule has 0 heterocycles. The highest BCUT2D eigenvalue weighted by Gasteiger charge is 2.23. The van der Waals surface area contributed by atoms with Crippen LogP contribution in [0, 0.1) is 27.7 Å². The van der Waals surface area contributed by atoms with Crippen LogP contribution in [-0.2, 0) is 0 Å². The van der Waals surface area contributed by atoms with Gasteiger partial charge in [0.1, 0.15) is 20.7 Å². The van der Waals surface area contributed by atoms with Gasteiger partial charge in [-0.2, -0.15) is 0 Å². The summed E-state index contributed by atoms with van der Waals surface area (Å²) in [6.45, 7) is 8.35. The zero-order chi connectivity index (χ0) is 18.8. The standard InChI is InChI=1S/C22H23O2PSi/c1-14-8-10-18(23)20(12-14)25(21-13-15(2)9-11-19(21)24)26-22-7-5-6-16(3)17(22)4/h5-13,23-24H,1-4H3. The summed E-state index contributed by atoms with van der Waals surface area (Å²) >= 11 is 0. The van der Waals surface area contributed by atoms with Crippen LogP contribution in [0.4, 0.5) is 0 Å². The second-order valence-corrected chi connectivity index (χ2v) is 11.1. The van der Waals surface area contributed by atoms with Crippen LogP contribution in [0.1, 0.15) is 22.3 Å². The highest BCUT2D eigenvalue weighted by atomic mass is 31.4. The lowest BCUT2D eigenvalue weighted by Crippen LogP contribution is -2.26. The summed E-state index contributed by atoms with van der Waals surface area (Å²) < 4.78 is 0. The molecule has 132 valence electrons. The lowest BCUT2D eigenvalue weighted by atomic mass is 10.1. The first-order valence-electron chi connectivity index (χ1n) is 8.59. The van der Waals surface area contributed by atoms with Gasteiger partial charge in [-0.25, -0.2) is 0 Å². The Balaban J connectivity index is 2.17. The smallest absolute Gasteiger partial charge is 0.128 e. The zero-order valence-electron chi connectivity index (χ0n) is 15.5. The van der Waals surface area contributed by atoms with Gasteiger partial charge in [-0.05, 0) is 70.6 Å². The van der Waals surface area contributed by atoms with Gasteiger partial charge >= 0.3 is 0 Å². The molecule has 4 heteroatoms. The van der Waals surface area contributed by atoms with E-state index in [9.17, 15) is 10.2 Å². The van der Waals surface area contributed by atoms with Gasteiger partial charge in [0, 0.05) is 10.6 Å². The predicted octanol–water partition coefficient (Wildman–Crippen LogP) is 3.71. The van der Waals surface area contributed by atoms with Crippen molar-refractivity contribution in [3.05, 3.63) is 76.9 Å². The third-order valence-corrected chi connectivity index (χ3v) is 10.1. The molecule has 0 aliphatic heterocycles. The van der Waals surface area contributed by atoms with E-state index in [1.165, 1.54) is 16.3 Å². The van der Waals surface area contributed by atoms with Gasteiger partial charge < -0.3 is 10.2 Å². The highest BCUT2D eigenvalue weighted by molar-refractivity contribution is 7.99. The quantitative estimate of drug-likeness (QED) is 0.537. The average molecular weight is 378 g/mol. The fourth-order valence-electron chi connectivity index (χ4n) is 2.87. The molecule has 0 unspecified atom stereocenters. The van der Waals surface area contributed by atoms with Crippen molar-refractivity contribution in [1.29, 1.82) is 0 Å². The predicted molar refractivity (Wildman–Crippen MR) is 113 cm³/mol. The summed E-state index contributed by atoms with van der Waals surface area (Å²) in [6.07, 6.45) is 0. The van der Waals surface area contributed by atoms with Crippen molar-refractivity contribution in [1.82, 2.24) is 0 Å². The molecule has 26 heavy (non-hydrogen) atoms. The molecule has 3 aromatic rings. The molecule has 2 N–H and O–H groups in total. The number of rotatable bonds is 4. The highest BCUT2D eigenvalue weighted by Crippen LogP contribution is 2.38. The monoisotopic (exact) mass is 378 g/mol. The summed E-state index contributed by atoms with van der Waals surface area (Å²) in [7, 11) is -0.426. The number of benzene rings is 3. The Morgan fingerprint density at radius 1 is 0.731 bits per heavy atom. The molecule has 0 atom stereocenters. The van der Waals surface area contributed by atoms with Crippen molar-refractivity contribution in [2.75, 3.05) is 0 Å². The van der Waals surface area contributed by atoms with E-state index in [4.69, 9.17) is 0 Å². The van der Waals surface area contributed by atoms with E-state index < -0.39 is 7.47 Å². The van der Waals surface area contributed by atoms with Crippen molar-refractivity contribution >= 4 is 32.5 Å². The third kappa shape index (κ3) is 3.84. The number of aromatic hydroxyl groups is 2. The molecule has 2 nitrogen and oxygen atoms in total. The maximum Gasteiger partial charge on any atom is 0.128 e. The first-order chi connectivity index (χ1) is 12.4. The van der Waals surface area contributed by atoms with Crippen LogP contribution < -0.4 is 15.8 Å². The lowest BCUT2D eigenvalue weighted by Gasteiger charge is -2.22. The molecule has 2 radical (unpaired) electrons. The number of hydrogen-bond acceptors (Lipinski definition) is 2. The average Bonchev–Trinajstić information content (AvgIpc) is 2.61. The summed E-state index contributed by atoms with van der Waals surface area (Å²) in [5, 5.41) is 24.3. The normalized spacial score (nSPS) is 11.1. The SMILES string of the molecule is Cc1ccc(O)c(P([Si]c2cccc(C)c2C)c2cc(C)ccc2O)c1. The van der Waals surface area contributed by atoms with E-state index in [2.05, 4.69) is 44.2 Å². The molecule has 0 aliphatic carbocycles. The van der Waals surface area contributed by atoms with Crippen LogP contribution in [0.5, 0.6) is 11.5 Å². The van der Waals surface area contributed by atoms with Gasteiger partial charge in [-0.15, -0.1) is 0 Å². The molecule has 0 saturated carbocycles. The van der Waals surface area contributed by atoms with Crippen molar-refractivity contribution in [2.45, 2.75) is 27.7 Å². The van der Waals surface area contributed by atoms with Gasteiger partial charge in [0.25, 0.3) is 0 Å². The van der Waals surface area contributed by atoms with Crippen LogP contribution in [0.2, 0.25) is 0 Å². The van der Waals surface area contributed by atoms with Crippen molar-refractivity contribution < 1.29 is 10.2 Å². The van der Waals surface area contributed by atoms with Gasteiger partial charge in [-0.1, -0.05) is 46.6 Å². The number of aryl methyl sites for hydroxylation is 3. The van der Waals surface area contributed by atoms with Crippen LogP contribution in [-0.4, -0.2) is 19.4 Å². The molecule has 0 fully saturated rings. The minimum absolute atomic E-state index is 0.306. The van der Waals surface area contributed by atoms with Crippen LogP contribution in [0.15, 0.2) is 54.6 Å². The molecule has 3 rings (SSSR count). The molecule has 0 aromatic heterocycles. The number of phenolic OH excluding ortho intramolecular Hbond substituents is 2. The van der Waals surface area contributed by atoms with Crippen LogP contribution in [0.3, 0.4) is 0 Å². The van der Waals surface area contributed by atoms with Crippen molar-refractivity contribution in [2.24, 2.45) is 0 Å². The van der Waals surface area contributed by atoms with E-state index in [0.29, 0.717) is 20.7 Å². The van der Waals surface area contributed by atoms with Crippen molar-refractivity contribution in [3.8, 4) is 11.5 Å². The van der Waals surface area contributed by atoms with Gasteiger partial charge in [0.05, 0.1) is 0 Å². The molecule has 0 aliphatic rings. The van der Waals surface area contributed by atoms with Gasteiger partial charge in [0.15, 0.2) is 0 Å². The molecule has 0 amide bonds. The Morgan fingerprint density at radius 2 is 1.27 bits per heavy atom. The van der Waals surface area contributed by atoms with E-state index in [-0.39, 0.29) is 0 Å². The largest absolute Gasteiger partial charge is 0.507 e. The van der Waals surface area contributed by atoms with Crippen LogP contribution >= 0.6 is 7.47 Å². The summed E-state index contributed by atoms with van der Waals surface area (Å²) in [4.78, 5) is 0. The minimum Gasteiger partial charge on any atom is -0.507 e. The molecule has 0 bridgehead atoms. The summed E-state index contributed by atoms with van der Waals surface area (Å²) in [6, 6.07) is 17.9. The number of hydrogen-bond donors (Lipinski definition) is 2. The maximum atomic E-state index is 10.6. The topological polar surface area (TPSA) is 40.5 Å². The molecule has 0 spiro atoms. The van der Waals surface area contributed by atoms with Crippen LogP contribution in [0.25, 0.3) is 0 Å². The van der Waals surface area contributed by atoms with E-state index >= 15 is 0 Å². The first kappa shape index (κ1) is 18.7. The summed E-state index contributed by atoms with van der Waals surface area (Å²) in [5.74, 6) is 0.612. The lowest BCUT2D eigenvalue weighted by molar-refractivity contribution is 0.479. The zero-order valence-corrected chi connectivity index (χ0v) is 17.4. The minimum atomic E-state index is -0.902. The molecular formula is C22H23O2PSi. The van der Waals surface area contributed by atoms with E-state index in [1.54, 1.807) is 12.1 Å². The van der Waals surface area contributed by atoms with Gasteiger partial charge in [-0.3, -0.25) is 0 Å². The summed E-state index contributed by atoms with van der Waals surface area (Å²) in [5.41, 5.74) is 4.79. The Kier molecular flexibility index (Phi) is 5.50. The Labute approximate surface area is 159 Å². The maximum absolute atomic E-state index is 10.6. The first-order valence-corrected chi connectivity index (χ1v) is 11.8. The molecule has 3 aromatic carbocycles. The third-order valence-electron chi connectivity index (χ3n) is 4.58.